The topological polar surface area (TPSA) is 0 Å². The monoisotopic (exact) mass is 238 g/mol. The molecule has 0 bridgehead atoms. The molecule has 0 saturated heterocycles. The molecule has 0 aromatic heterocycles. The molecule has 1 fully saturated rings. The normalized spacial score (nSPS) is 19.9. The summed E-state index contributed by atoms with van der Waals surface area (Å²) < 4.78 is 0. The summed E-state index contributed by atoms with van der Waals surface area (Å²) in [5.74, 6) is 4.84. The third-order valence-electron chi connectivity index (χ3n) is 4.45. The van der Waals surface area contributed by atoms with Gasteiger partial charge in [-0.15, -0.1) is 0 Å². The first-order valence-corrected chi connectivity index (χ1v) is 7.99. The summed E-state index contributed by atoms with van der Waals surface area (Å²) in [6.45, 7) is 12.0. The maximum atomic E-state index is 2.51. The average molecular weight is 238 g/mol. The van der Waals surface area contributed by atoms with Gasteiger partial charge in [-0.1, -0.05) is 66.7 Å². The Morgan fingerprint density at radius 1 is 0.765 bits per heavy atom. The summed E-state index contributed by atoms with van der Waals surface area (Å²) in [5.41, 5.74) is 0. The predicted molar refractivity (Wildman–Crippen MR) is 78.1 cm³/mol. The van der Waals surface area contributed by atoms with E-state index in [1.54, 1.807) is 0 Å². The average Bonchev–Trinajstić information content (AvgIpc) is 3.04. The molecule has 0 nitrogen and oxygen atoms in total. The van der Waals surface area contributed by atoms with Gasteiger partial charge in [-0.25, -0.2) is 0 Å². The summed E-state index contributed by atoms with van der Waals surface area (Å²) in [4.78, 5) is 0. The quantitative estimate of drug-likeness (QED) is 0.468. The van der Waals surface area contributed by atoms with Gasteiger partial charge in [0.2, 0.25) is 0 Å². The molecule has 0 N–H and O–H groups in total. The summed E-state index contributed by atoms with van der Waals surface area (Å²) >= 11 is 0. The van der Waals surface area contributed by atoms with Crippen molar-refractivity contribution in [3.63, 3.8) is 0 Å². The maximum Gasteiger partial charge on any atom is -0.0386 e. The van der Waals surface area contributed by atoms with Gasteiger partial charge in [-0.3, -0.25) is 0 Å². The Morgan fingerprint density at radius 3 is 1.76 bits per heavy atom. The summed E-state index contributed by atoms with van der Waals surface area (Å²) in [6.07, 6.45) is 10.4. The van der Waals surface area contributed by atoms with Crippen molar-refractivity contribution in [3.05, 3.63) is 0 Å². The number of hydrogen-bond acceptors (Lipinski definition) is 0. The molecule has 0 heterocycles. The van der Waals surface area contributed by atoms with Gasteiger partial charge in [-0.05, 0) is 42.4 Å². The lowest BCUT2D eigenvalue weighted by Crippen LogP contribution is -2.14. The van der Waals surface area contributed by atoms with Crippen molar-refractivity contribution >= 4 is 0 Å². The zero-order valence-corrected chi connectivity index (χ0v) is 12.8. The predicted octanol–water partition coefficient (Wildman–Crippen LogP) is 5.91. The highest BCUT2D eigenvalue weighted by atomic mass is 14.3. The standard InChI is InChI=1S/C17H34/c1-13(2)6-8-15(5)17(11-7-14(3)4)12-16-9-10-16/h13-17H,6-12H2,1-5H3. The molecule has 1 saturated carbocycles. The molecule has 0 heteroatoms. The first kappa shape index (κ1) is 15.1. The maximum absolute atomic E-state index is 2.51. The second-order valence-electron chi connectivity index (χ2n) is 7.36. The first-order chi connectivity index (χ1) is 7.99. The Kier molecular flexibility index (Phi) is 6.59. The molecule has 0 aliphatic heterocycles. The van der Waals surface area contributed by atoms with Crippen LogP contribution in [0.3, 0.4) is 0 Å². The molecule has 2 unspecified atom stereocenters. The highest BCUT2D eigenvalue weighted by molar-refractivity contribution is 4.79. The smallest absolute Gasteiger partial charge is 0.0386 e. The van der Waals surface area contributed by atoms with Crippen LogP contribution in [-0.4, -0.2) is 0 Å². The van der Waals surface area contributed by atoms with Crippen molar-refractivity contribution < 1.29 is 0 Å². The van der Waals surface area contributed by atoms with Gasteiger partial charge in [0.05, 0.1) is 0 Å². The fourth-order valence-electron chi connectivity index (χ4n) is 2.80. The van der Waals surface area contributed by atoms with Gasteiger partial charge in [-0.2, -0.15) is 0 Å². The van der Waals surface area contributed by atoms with Crippen LogP contribution < -0.4 is 0 Å². The Labute approximate surface area is 110 Å². The zero-order valence-electron chi connectivity index (χ0n) is 12.8. The molecule has 0 radical (unpaired) electrons. The zero-order chi connectivity index (χ0) is 12.8. The van der Waals surface area contributed by atoms with Crippen LogP contribution in [0.2, 0.25) is 0 Å². The fraction of sp³-hybridized carbons (Fsp3) is 1.00. The third-order valence-corrected chi connectivity index (χ3v) is 4.45. The molecule has 2 atom stereocenters. The summed E-state index contributed by atoms with van der Waals surface area (Å²) in [7, 11) is 0. The number of hydrogen-bond donors (Lipinski definition) is 0. The van der Waals surface area contributed by atoms with Crippen molar-refractivity contribution in [3.8, 4) is 0 Å². The molecule has 0 aromatic carbocycles. The van der Waals surface area contributed by atoms with Gasteiger partial charge < -0.3 is 0 Å². The van der Waals surface area contributed by atoms with Gasteiger partial charge >= 0.3 is 0 Å². The van der Waals surface area contributed by atoms with Crippen molar-refractivity contribution in [1.82, 2.24) is 0 Å². The van der Waals surface area contributed by atoms with E-state index in [1.165, 1.54) is 44.9 Å². The Bertz CT molecular complexity index is 188. The number of rotatable bonds is 9. The minimum Gasteiger partial charge on any atom is -0.0628 e. The van der Waals surface area contributed by atoms with E-state index in [2.05, 4.69) is 34.6 Å². The van der Waals surface area contributed by atoms with E-state index in [1.807, 2.05) is 0 Å². The molecule has 0 amide bonds. The molecular weight excluding hydrogens is 204 g/mol. The summed E-state index contributed by atoms with van der Waals surface area (Å²) in [6, 6.07) is 0. The molecule has 0 spiro atoms. The van der Waals surface area contributed by atoms with Crippen LogP contribution >= 0.6 is 0 Å². The Hall–Kier alpha value is 0. The highest BCUT2D eigenvalue weighted by Crippen LogP contribution is 2.40. The third kappa shape index (κ3) is 7.11. The van der Waals surface area contributed by atoms with E-state index in [0.29, 0.717) is 0 Å². The minimum atomic E-state index is 0.879. The van der Waals surface area contributed by atoms with E-state index in [-0.39, 0.29) is 0 Å². The molecule has 102 valence electrons. The Morgan fingerprint density at radius 2 is 1.29 bits per heavy atom. The van der Waals surface area contributed by atoms with Crippen molar-refractivity contribution in [2.75, 3.05) is 0 Å². The van der Waals surface area contributed by atoms with Crippen molar-refractivity contribution in [1.29, 1.82) is 0 Å². The molecule has 1 aliphatic carbocycles. The van der Waals surface area contributed by atoms with Crippen LogP contribution in [-0.2, 0) is 0 Å². The minimum absolute atomic E-state index is 0.879. The van der Waals surface area contributed by atoms with E-state index in [0.717, 1.165) is 29.6 Å². The second kappa shape index (κ2) is 7.44. The van der Waals surface area contributed by atoms with Gasteiger partial charge in [0.15, 0.2) is 0 Å². The van der Waals surface area contributed by atoms with Gasteiger partial charge in [0.25, 0.3) is 0 Å². The van der Waals surface area contributed by atoms with Crippen LogP contribution in [0.15, 0.2) is 0 Å². The summed E-state index contributed by atoms with van der Waals surface area (Å²) in [5, 5.41) is 0. The highest BCUT2D eigenvalue weighted by Gasteiger charge is 2.28. The van der Waals surface area contributed by atoms with E-state index < -0.39 is 0 Å². The lowest BCUT2D eigenvalue weighted by molar-refractivity contribution is 0.258. The first-order valence-electron chi connectivity index (χ1n) is 7.99. The van der Waals surface area contributed by atoms with Crippen LogP contribution in [0.4, 0.5) is 0 Å². The lowest BCUT2D eigenvalue weighted by Gasteiger charge is -2.25. The van der Waals surface area contributed by atoms with E-state index >= 15 is 0 Å². The molecule has 0 aromatic rings. The van der Waals surface area contributed by atoms with E-state index in [4.69, 9.17) is 0 Å². The van der Waals surface area contributed by atoms with Gasteiger partial charge in [0, 0.05) is 0 Å². The lowest BCUT2D eigenvalue weighted by atomic mass is 9.80. The van der Waals surface area contributed by atoms with Crippen LogP contribution in [0.25, 0.3) is 0 Å². The largest absolute Gasteiger partial charge is 0.0628 e. The van der Waals surface area contributed by atoms with Crippen molar-refractivity contribution in [2.45, 2.75) is 79.6 Å². The molecule has 1 rings (SSSR count). The molecular formula is C17H34. The van der Waals surface area contributed by atoms with Crippen molar-refractivity contribution in [2.24, 2.45) is 29.6 Å². The van der Waals surface area contributed by atoms with E-state index in [9.17, 15) is 0 Å². The second-order valence-corrected chi connectivity index (χ2v) is 7.36. The Balaban J connectivity index is 2.31. The van der Waals surface area contributed by atoms with Gasteiger partial charge in [0.1, 0.15) is 0 Å². The SMILES string of the molecule is CC(C)CCC(C)C(CCC(C)C)CC1CC1. The fourth-order valence-corrected chi connectivity index (χ4v) is 2.80. The van der Waals surface area contributed by atoms with Crippen LogP contribution in [0, 0.1) is 29.6 Å². The molecule has 17 heavy (non-hydrogen) atoms. The van der Waals surface area contributed by atoms with Crippen LogP contribution in [0.5, 0.6) is 0 Å². The van der Waals surface area contributed by atoms with Crippen LogP contribution in [0.1, 0.15) is 79.6 Å². The molecule has 1 aliphatic rings.